The van der Waals surface area contributed by atoms with Crippen LogP contribution in [0.3, 0.4) is 0 Å². The largest absolute Gasteiger partial charge is 0.339 e. The van der Waals surface area contributed by atoms with Crippen molar-refractivity contribution in [2.75, 3.05) is 5.75 Å². The van der Waals surface area contributed by atoms with Crippen LogP contribution in [0.15, 0.2) is 56.3 Å². The quantitative estimate of drug-likeness (QED) is 0.263. The van der Waals surface area contributed by atoms with E-state index < -0.39 is 0 Å². The van der Waals surface area contributed by atoms with E-state index in [4.69, 9.17) is 4.52 Å². The molecule has 1 aromatic carbocycles. The van der Waals surface area contributed by atoms with Gasteiger partial charge in [0.05, 0.1) is 15.8 Å². The molecule has 0 saturated carbocycles. The summed E-state index contributed by atoms with van der Waals surface area (Å²) in [5.41, 5.74) is 0.760. The molecular formula is C19H18N4O2S2. The highest BCUT2D eigenvalue weighted by Crippen LogP contribution is 2.22. The van der Waals surface area contributed by atoms with Gasteiger partial charge in [0, 0.05) is 18.7 Å². The Bertz CT molecular complexity index is 1100. The predicted octanol–water partition coefficient (Wildman–Crippen LogP) is 4.25. The maximum absolute atomic E-state index is 12.6. The lowest BCUT2D eigenvalue weighted by Gasteiger charge is -2.10. The van der Waals surface area contributed by atoms with E-state index in [-0.39, 0.29) is 5.56 Å². The van der Waals surface area contributed by atoms with Crippen LogP contribution in [0.2, 0.25) is 0 Å². The van der Waals surface area contributed by atoms with Crippen LogP contribution in [0.25, 0.3) is 21.6 Å². The lowest BCUT2D eigenvalue weighted by molar-refractivity contribution is 0.378. The summed E-state index contributed by atoms with van der Waals surface area (Å²) in [6, 6.07) is 11.4. The normalized spacial score (nSPS) is 11.3. The predicted molar refractivity (Wildman–Crippen MR) is 108 cm³/mol. The molecule has 4 rings (SSSR count). The van der Waals surface area contributed by atoms with E-state index in [2.05, 4.69) is 15.1 Å². The summed E-state index contributed by atoms with van der Waals surface area (Å²) < 4.78 is 7.06. The van der Waals surface area contributed by atoms with Crippen LogP contribution in [0.4, 0.5) is 0 Å². The van der Waals surface area contributed by atoms with Crippen LogP contribution >= 0.6 is 23.1 Å². The zero-order valence-electron chi connectivity index (χ0n) is 14.8. The Morgan fingerprint density at radius 3 is 2.89 bits per heavy atom. The van der Waals surface area contributed by atoms with Gasteiger partial charge in [-0.2, -0.15) is 4.98 Å². The molecule has 0 bridgehead atoms. The van der Waals surface area contributed by atoms with E-state index in [0.29, 0.717) is 30.1 Å². The molecule has 0 amide bonds. The van der Waals surface area contributed by atoms with Crippen LogP contribution < -0.4 is 5.56 Å². The fourth-order valence-corrected chi connectivity index (χ4v) is 4.44. The first-order chi connectivity index (χ1) is 13.3. The Morgan fingerprint density at radius 1 is 1.19 bits per heavy atom. The van der Waals surface area contributed by atoms with Gasteiger partial charge in [0.15, 0.2) is 5.16 Å². The second-order valence-corrected chi connectivity index (χ2v) is 7.91. The summed E-state index contributed by atoms with van der Waals surface area (Å²) in [5.74, 6) is 2.10. The first-order valence-electron chi connectivity index (χ1n) is 8.75. The Kier molecular flexibility index (Phi) is 5.35. The van der Waals surface area contributed by atoms with Crippen molar-refractivity contribution in [3.63, 3.8) is 0 Å². The minimum atomic E-state index is 0.0168. The molecule has 0 aliphatic rings. The number of thioether (sulfide) groups is 1. The molecule has 0 aliphatic heterocycles. The number of aromatic nitrogens is 4. The lowest BCUT2D eigenvalue weighted by Crippen LogP contribution is -2.22. The molecule has 4 aromatic rings. The summed E-state index contributed by atoms with van der Waals surface area (Å²) >= 11 is 3.18. The van der Waals surface area contributed by atoms with E-state index in [9.17, 15) is 4.79 Å². The van der Waals surface area contributed by atoms with Crippen LogP contribution in [-0.4, -0.2) is 25.4 Å². The molecule has 0 atom stereocenters. The molecule has 0 unspecified atom stereocenters. The van der Waals surface area contributed by atoms with Gasteiger partial charge in [-0.05, 0) is 36.9 Å². The molecule has 0 aliphatic carbocycles. The third kappa shape index (κ3) is 3.81. The monoisotopic (exact) mass is 398 g/mol. The second kappa shape index (κ2) is 8.06. The van der Waals surface area contributed by atoms with Crippen molar-refractivity contribution in [2.24, 2.45) is 0 Å². The first kappa shape index (κ1) is 17.9. The fourth-order valence-electron chi connectivity index (χ4n) is 2.79. The third-order valence-corrected chi connectivity index (χ3v) is 6.05. The molecule has 8 heteroatoms. The van der Waals surface area contributed by atoms with Crippen LogP contribution in [0.1, 0.15) is 19.2 Å². The Hall–Kier alpha value is -2.45. The molecule has 3 aromatic heterocycles. The maximum Gasteiger partial charge on any atom is 0.262 e. The number of aryl methyl sites for hydroxylation is 1. The van der Waals surface area contributed by atoms with Gasteiger partial charge in [-0.15, -0.1) is 11.3 Å². The van der Waals surface area contributed by atoms with Crippen molar-refractivity contribution >= 4 is 34.0 Å². The number of benzene rings is 1. The van der Waals surface area contributed by atoms with Crippen LogP contribution in [0, 0.1) is 0 Å². The SMILES string of the molecule is CCn1c(SCCCc2nc(-c3cccs3)no2)nc2ccccc2c1=O. The number of thiophene rings is 1. The molecule has 0 saturated heterocycles. The summed E-state index contributed by atoms with van der Waals surface area (Å²) in [7, 11) is 0. The summed E-state index contributed by atoms with van der Waals surface area (Å²) in [6.07, 6.45) is 1.57. The van der Waals surface area contributed by atoms with Crippen molar-refractivity contribution in [1.29, 1.82) is 0 Å². The highest BCUT2D eigenvalue weighted by molar-refractivity contribution is 7.99. The molecule has 3 heterocycles. The van der Waals surface area contributed by atoms with Crippen molar-refractivity contribution in [1.82, 2.24) is 19.7 Å². The van der Waals surface area contributed by atoms with Gasteiger partial charge >= 0.3 is 0 Å². The van der Waals surface area contributed by atoms with Crippen LogP contribution in [-0.2, 0) is 13.0 Å². The molecule has 0 N–H and O–H groups in total. The Morgan fingerprint density at radius 2 is 2.07 bits per heavy atom. The number of hydrogen-bond acceptors (Lipinski definition) is 7. The van der Waals surface area contributed by atoms with Crippen molar-refractivity contribution < 1.29 is 4.52 Å². The average molecular weight is 399 g/mol. The molecule has 27 heavy (non-hydrogen) atoms. The molecule has 0 spiro atoms. The van der Waals surface area contributed by atoms with Gasteiger partial charge in [0.2, 0.25) is 11.7 Å². The summed E-state index contributed by atoms with van der Waals surface area (Å²) in [5, 5.41) is 7.44. The van der Waals surface area contributed by atoms with Gasteiger partial charge < -0.3 is 4.52 Å². The third-order valence-electron chi connectivity index (χ3n) is 4.12. The standard InChI is InChI=1S/C19H18N4O2S2/c1-2-23-18(24)13-7-3-4-8-14(13)20-19(23)27-12-6-10-16-21-17(22-25-16)15-9-5-11-26-15/h3-5,7-9,11H,2,6,10,12H2,1H3. The number of rotatable bonds is 7. The Labute approximate surface area is 164 Å². The van der Waals surface area contributed by atoms with E-state index in [1.165, 1.54) is 0 Å². The molecule has 0 fully saturated rings. The highest BCUT2D eigenvalue weighted by Gasteiger charge is 2.12. The molecular weight excluding hydrogens is 380 g/mol. The smallest absolute Gasteiger partial charge is 0.262 e. The zero-order chi connectivity index (χ0) is 18.6. The van der Waals surface area contributed by atoms with E-state index in [1.807, 2.05) is 48.7 Å². The zero-order valence-corrected chi connectivity index (χ0v) is 16.4. The lowest BCUT2D eigenvalue weighted by atomic mass is 10.2. The Balaban J connectivity index is 1.41. The minimum Gasteiger partial charge on any atom is -0.339 e. The minimum absolute atomic E-state index is 0.0168. The maximum atomic E-state index is 12.6. The second-order valence-electron chi connectivity index (χ2n) is 5.90. The van der Waals surface area contributed by atoms with E-state index >= 15 is 0 Å². The average Bonchev–Trinajstić information content (AvgIpc) is 3.37. The first-order valence-corrected chi connectivity index (χ1v) is 10.6. The van der Waals surface area contributed by atoms with Crippen LogP contribution in [0.5, 0.6) is 0 Å². The van der Waals surface area contributed by atoms with Crippen molar-refractivity contribution in [3.8, 4) is 10.7 Å². The number of hydrogen-bond donors (Lipinski definition) is 0. The van der Waals surface area contributed by atoms with Gasteiger partial charge in [0.1, 0.15) is 0 Å². The molecule has 0 radical (unpaired) electrons. The van der Waals surface area contributed by atoms with Gasteiger partial charge in [-0.25, -0.2) is 4.98 Å². The molecule has 138 valence electrons. The topological polar surface area (TPSA) is 73.8 Å². The number of nitrogens with zero attached hydrogens (tertiary/aromatic N) is 4. The summed E-state index contributed by atoms with van der Waals surface area (Å²) in [6.45, 7) is 2.57. The highest BCUT2D eigenvalue weighted by atomic mass is 32.2. The fraction of sp³-hybridized carbons (Fsp3) is 0.263. The number of para-hydroxylation sites is 1. The number of fused-ring (bicyclic) bond motifs is 1. The van der Waals surface area contributed by atoms with Gasteiger partial charge in [-0.1, -0.05) is 35.1 Å². The van der Waals surface area contributed by atoms with E-state index in [0.717, 1.165) is 27.7 Å². The van der Waals surface area contributed by atoms with Crippen molar-refractivity contribution in [2.45, 2.75) is 31.5 Å². The van der Waals surface area contributed by atoms with Gasteiger partial charge in [-0.3, -0.25) is 9.36 Å². The van der Waals surface area contributed by atoms with Crippen molar-refractivity contribution in [3.05, 3.63) is 58.0 Å². The van der Waals surface area contributed by atoms with E-state index in [1.54, 1.807) is 27.7 Å². The molecule has 6 nitrogen and oxygen atoms in total. The summed E-state index contributed by atoms with van der Waals surface area (Å²) in [4.78, 5) is 22.7. The van der Waals surface area contributed by atoms with Gasteiger partial charge in [0.25, 0.3) is 5.56 Å².